The van der Waals surface area contributed by atoms with Gasteiger partial charge in [-0.05, 0) is 83.3 Å². The van der Waals surface area contributed by atoms with Gasteiger partial charge in [-0.3, -0.25) is 0 Å². The Morgan fingerprint density at radius 3 is 2.22 bits per heavy atom. The van der Waals surface area contributed by atoms with Gasteiger partial charge in [0.25, 0.3) is 0 Å². The third kappa shape index (κ3) is 4.22. The molecule has 1 aliphatic heterocycles. The predicted octanol–water partition coefficient (Wildman–Crippen LogP) is 12.6. The number of rotatable bonds is 3. The molecular formula is C46H33NO2. The molecule has 3 heteroatoms. The molecule has 0 fully saturated rings. The molecule has 0 N–H and O–H groups in total. The minimum Gasteiger partial charge on any atom is -0.453 e. The summed E-state index contributed by atoms with van der Waals surface area (Å²) < 4.78 is 15.5. The number of furan rings is 1. The van der Waals surface area contributed by atoms with Crippen LogP contribution in [0.25, 0.3) is 67.4 Å². The molecule has 2 aliphatic rings. The van der Waals surface area contributed by atoms with E-state index in [-0.39, 0.29) is 5.41 Å². The van der Waals surface area contributed by atoms with Crippen molar-refractivity contribution in [3.05, 3.63) is 167 Å². The third-order valence-electron chi connectivity index (χ3n) is 10.5. The number of nitrogens with zero attached hydrogens (tertiary/aromatic N) is 1. The topological polar surface area (TPSA) is 27.3 Å². The molecule has 10 rings (SSSR count). The van der Waals surface area contributed by atoms with Crippen LogP contribution in [0.5, 0.6) is 11.5 Å². The van der Waals surface area contributed by atoms with Crippen LogP contribution in [0, 0.1) is 0 Å². The highest BCUT2D eigenvalue weighted by atomic mass is 16.5. The fraction of sp³-hybridized carbons (Fsp3) is 0.0870. The van der Waals surface area contributed by atoms with Crippen LogP contribution in [0.4, 0.5) is 0 Å². The van der Waals surface area contributed by atoms with Crippen molar-refractivity contribution < 1.29 is 9.15 Å². The smallest absolute Gasteiger partial charge is 0.178 e. The van der Waals surface area contributed by atoms with E-state index in [1.807, 2.05) is 12.1 Å². The molecule has 0 atom stereocenters. The molecule has 0 amide bonds. The van der Waals surface area contributed by atoms with E-state index < -0.39 is 0 Å². The summed E-state index contributed by atoms with van der Waals surface area (Å²) in [4.78, 5) is 0. The number of fused-ring (bicyclic) bond motifs is 9. The number of aromatic nitrogens is 1. The van der Waals surface area contributed by atoms with Gasteiger partial charge in [-0.1, -0.05) is 111 Å². The van der Waals surface area contributed by atoms with Gasteiger partial charge >= 0.3 is 0 Å². The Labute approximate surface area is 285 Å². The molecule has 2 aromatic heterocycles. The van der Waals surface area contributed by atoms with Gasteiger partial charge in [0.05, 0.1) is 11.2 Å². The highest BCUT2D eigenvalue weighted by Gasteiger charge is 2.36. The Morgan fingerprint density at radius 1 is 0.633 bits per heavy atom. The Bertz CT molecular complexity index is 2660. The molecule has 6 aromatic carbocycles. The molecule has 0 saturated carbocycles. The lowest BCUT2D eigenvalue weighted by atomic mass is 9.74. The van der Waals surface area contributed by atoms with Crippen LogP contribution in [-0.2, 0) is 5.41 Å². The van der Waals surface area contributed by atoms with Crippen LogP contribution < -0.4 is 4.74 Å². The molecule has 0 spiro atoms. The summed E-state index contributed by atoms with van der Waals surface area (Å²) in [5, 5.41) is 3.45. The van der Waals surface area contributed by atoms with E-state index in [1.165, 1.54) is 50.0 Å². The van der Waals surface area contributed by atoms with Crippen LogP contribution in [0.2, 0.25) is 0 Å². The van der Waals surface area contributed by atoms with E-state index in [0.29, 0.717) is 0 Å². The fourth-order valence-corrected chi connectivity index (χ4v) is 7.96. The summed E-state index contributed by atoms with van der Waals surface area (Å²) in [7, 11) is 0. The first-order valence-electron chi connectivity index (χ1n) is 17.0. The Kier molecular flexibility index (Phi) is 5.98. The Morgan fingerprint density at radius 2 is 1.37 bits per heavy atom. The first-order valence-corrected chi connectivity index (χ1v) is 17.0. The molecule has 0 unspecified atom stereocenters. The van der Waals surface area contributed by atoms with Crippen LogP contribution in [0.1, 0.15) is 48.2 Å². The van der Waals surface area contributed by atoms with Gasteiger partial charge in [0.15, 0.2) is 11.3 Å². The van der Waals surface area contributed by atoms with Crippen molar-refractivity contribution in [1.29, 1.82) is 0 Å². The first-order chi connectivity index (χ1) is 24.0. The van der Waals surface area contributed by atoms with E-state index in [1.54, 1.807) is 0 Å². The molecule has 3 heterocycles. The molecular weight excluding hydrogens is 599 g/mol. The second kappa shape index (κ2) is 10.5. The zero-order valence-corrected chi connectivity index (χ0v) is 27.4. The van der Waals surface area contributed by atoms with Crippen molar-refractivity contribution in [3.8, 4) is 28.3 Å². The summed E-state index contributed by atoms with van der Waals surface area (Å²) in [5.74, 6) is 1.71. The van der Waals surface area contributed by atoms with Crippen molar-refractivity contribution in [2.45, 2.75) is 25.7 Å². The van der Waals surface area contributed by atoms with Crippen LogP contribution in [0.15, 0.2) is 144 Å². The van der Waals surface area contributed by atoms with Crippen molar-refractivity contribution in [2.24, 2.45) is 0 Å². The molecule has 0 radical (unpaired) electrons. The van der Waals surface area contributed by atoms with Crippen molar-refractivity contribution in [2.75, 3.05) is 0 Å². The van der Waals surface area contributed by atoms with E-state index in [9.17, 15) is 0 Å². The maximum Gasteiger partial charge on any atom is 0.178 e. The standard InChI is InChI=1S/C46H33NO2/c1-46(2)38-25-24-36-35-15-7-9-18-42(35)48-44(36)45(38)49-43-26-21-32(28-39(43)46)31-13-10-17-41-37(27-31)34-14-6-8-16-40(34)47(41)33-22-19-30(20-23-33)29-11-4-3-5-12-29/h3-12,14-28H,13H2,1-2H3. The van der Waals surface area contributed by atoms with Gasteiger partial charge in [-0.15, -0.1) is 0 Å². The van der Waals surface area contributed by atoms with Crippen LogP contribution in [-0.4, -0.2) is 4.57 Å². The average molecular weight is 632 g/mol. The Hall–Kier alpha value is -6.06. The molecule has 49 heavy (non-hydrogen) atoms. The normalized spacial score (nSPS) is 14.6. The maximum absolute atomic E-state index is 6.70. The number of allylic oxidation sites excluding steroid dienone is 2. The quantitative estimate of drug-likeness (QED) is 0.194. The van der Waals surface area contributed by atoms with Gasteiger partial charge < -0.3 is 13.7 Å². The van der Waals surface area contributed by atoms with Gasteiger partial charge in [0, 0.05) is 44.0 Å². The molecule has 3 nitrogen and oxygen atoms in total. The minimum absolute atomic E-state index is 0.277. The zero-order valence-electron chi connectivity index (χ0n) is 27.4. The lowest BCUT2D eigenvalue weighted by Crippen LogP contribution is -2.24. The lowest BCUT2D eigenvalue weighted by molar-refractivity contribution is 0.415. The van der Waals surface area contributed by atoms with E-state index >= 15 is 0 Å². The van der Waals surface area contributed by atoms with E-state index in [0.717, 1.165) is 51.1 Å². The van der Waals surface area contributed by atoms with Gasteiger partial charge in [-0.2, -0.15) is 0 Å². The van der Waals surface area contributed by atoms with Gasteiger partial charge in [0.1, 0.15) is 11.3 Å². The monoisotopic (exact) mass is 631 g/mol. The largest absolute Gasteiger partial charge is 0.453 e. The summed E-state index contributed by atoms with van der Waals surface area (Å²) in [5.41, 5.74) is 13.5. The number of hydrogen-bond acceptors (Lipinski definition) is 2. The Balaban J connectivity index is 1.07. The number of ether oxygens (including phenoxy) is 1. The van der Waals surface area contributed by atoms with Crippen molar-refractivity contribution in [3.63, 3.8) is 0 Å². The molecule has 234 valence electrons. The summed E-state index contributed by atoms with van der Waals surface area (Å²) in [6, 6.07) is 47.5. The SMILES string of the molecule is CC1(C)c2cc(C3=Cc4c(n(-c5ccc(-c6ccccc6)cc5)c5ccccc45)C=CC3)ccc2Oc2c1ccc1c2oc2ccccc21. The van der Waals surface area contributed by atoms with Crippen molar-refractivity contribution >= 4 is 50.6 Å². The molecule has 0 saturated heterocycles. The third-order valence-corrected chi connectivity index (χ3v) is 10.5. The van der Waals surface area contributed by atoms with Crippen molar-refractivity contribution in [1.82, 2.24) is 4.57 Å². The highest BCUT2D eigenvalue weighted by molar-refractivity contribution is 6.07. The predicted molar refractivity (Wildman–Crippen MR) is 203 cm³/mol. The number of hydrogen-bond donors (Lipinski definition) is 0. The first kappa shape index (κ1) is 28.0. The second-order valence-corrected chi connectivity index (χ2v) is 13.7. The number of para-hydroxylation sites is 2. The molecule has 8 aromatic rings. The maximum atomic E-state index is 6.70. The fourth-order valence-electron chi connectivity index (χ4n) is 7.96. The summed E-state index contributed by atoms with van der Waals surface area (Å²) in [6.07, 6.45) is 7.84. The molecule has 1 aliphatic carbocycles. The minimum atomic E-state index is -0.277. The lowest BCUT2D eigenvalue weighted by Gasteiger charge is -2.34. The average Bonchev–Trinajstić information content (AvgIpc) is 3.58. The van der Waals surface area contributed by atoms with E-state index in [2.05, 4.69) is 158 Å². The molecule has 0 bridgehead atoms. The number of benzene rings is 6. The summed E-state index contributed by atoms with van der Waals surface area (Å²) in [6.45, 7) is 4.59. The van der Waals surface area contributed by atoms with E-state index in [4.69, 9.17) is 9.15 Å². The van der Waals surface area contributed by atoms with Crippen LogP contribution in [0.3, 0.4) is 0 Å². The zero-order chi connectivity index (χ0) is 32.7. The second-order valence-electron chi connectivity index (χ2n) is 13.7. The van der Waals surface area contributed by atoms with Crippen LogP contribution >= 0.6 is 0 Å². The van der Waals surface area contributed by atoms with Gasteiger partial charge in [0.2, 0.25) is 0 Å². The summed E-state index contributed by atoms with van der Waals surface area (Å²) >= 11 is 0. The van der Waals surface area contributed by atoms with Gasteiger partial charge in [-0.25, -0.2) is 0 Å². The highest BCUT2D eigenvalue weighted by Crippen LogP contribution is 2.52.